The Hall–Kier alpha value is -2.43. The van der Waals surface area contributed by atoms with Crippen LogP contribution in [0.15, 0.2) is 42.7 Å². The molecule has 2 aromatic rings. The molecule has 5 heteroatoms. The molecule has 0 aliphatic carbocycles. The minimum Gasteiger partial charge on any atom is -0.354 e. The smallest absolute Gasteiger partial charge is 0.270 e. The van der Waals surface area contributed by atoms with Gasteiger partial charge in [-0.15, -0.1) is 0 Å². The number of carbonyl (C=O) groups excluding carboxylic acids is 1. The van der Waals surface area contributed by atoms with Gasteiger partial charge in [0.2, 0.25) is 0 Å². The topological polar surface area (TPSA) is 58.1 Å². The van der Waals surface area contributed by atoms with Crippen molar-refractivity contribution in [2.24, 2.45) is 0 Å². The molecule has 1 amide bonds. The Labute approximate surface area is 149 Å². The van der Waals surface area contributed by atoms with Crippen LogP contribution >= 0.6 is 0 Å². The van der Waals surface area contributed by atoms with E-state index < -0.39 is 0 Å². The first kappa shape index (κ1) is 17.4. The van der Waals surface area contributed by atoms with Crippen molar-refractivity contribution < 1.29 is 4.79 Å². The van der Waals surface area contributed by atoms with Gasteiger partial charge in [-0.2, -0.15) is 0 Å². The van der Waals surface area contributed by atoms with Crippen molar-refractivity contribution in [2.75, 3.05) is 18.0 Å². The van der Waals surface area contributed by atoms with Gasteiger partial charge < -0.3 is 10.2 Å². The summed E-state index contributed by atoms with van der Waals surface area (Å²) in [6.07, 6.45) is 7.06. The molecule has 1 N–H and O–H groups in total. The van der Waals surface area contributed by atoms with Gasteiger partial charge in [0.1, 0.15) is 17.8 Å². The van der Waals surface area contributed by atoms with Gasteiger partial charge in [0.05, 0.1) is 0 Å². The van der Waals surface area contributed by atoms with E-state index in [-0.39, 0.29) is 5.91 Å². The van der Waals surface area contributed by atoms with E-state index in [2.05, 4.69) is 39.2 Å². The van der Waals surface area contributed by atoms with E-state index in [1.807, 2.05) is 24.3 Å². The zero-order valence-electron chi connectivity index (χ0n) is 14.8. The first-order valence-corrected chi connectivity index (χ1v) is 9.18. The summed E-state index contributed by atoms with van der Waals surface area (Å²) in [5.41, 5.74) is 1.66. The number of rotatable bonds is 6. The molecule has 1 aliphatic rings. The van der Waals surface area contributed by atoms with E-state index in [1.165, 1.54) is 31.2 Å². The fourth-order valence-electron chi connectivity index (χ4n) is 3.41. The number of amides is 1. The van der Waals surface area contributed by atoms with Crippen LogP contribution < -0.4 is 10.2 Å². The number of anilines is 1. The van der Waals surface area contributed by atoms with Crippen LogP contribution in [0.5, 0.6) is 0 Å². The lowest BCUT2D eigenvalue weighted by atomic mass is 10.00. The molecule has 0 spiro atoms. The Morgan fingerprint density at radius 3 is 2.88 bits per heavy atom. The zero-order chi connectivity index (χ0) is 17.5. The SMILES string of the molecule is CCC1CCCCN1c1cc(C(=O)NCCc2ccccc2)ncn1. The van der Waals surface area contributed by atoms with Crippen molar-refractivity contribution in [1.29, 1.82) is 0 Å². The van der Waals surface area contributed by atoms with Crippen LogP contribution in [0.2, 0.25) is 0 Å². The first-order valence-electron chi connectivity index (χ1n) is 9.18. The van der Waals surface area contributed by atoms with Gasteiger partial charge in [0.15, 0.2) is 0 Å². The van der Waals surface area contributed by atoms with Crippen molar-refractivity contribution in [3.05, 3.63) is 54.0 Å². The Kier molecular flexibility index (Phi) is 5.99. The lowest BCUT2D eigenvalue weighted by molar-refractivity contribution is 0.0949. The number of benzene rings is 1. The van der Waals surface area contributed by atoms with Crippen molar-refractivity contribution >= 4 is 11.7 Å². The monoisotopic (exact) mass is 338 g/mol. The van der Waals surface area contributed by atoms with Crippen molar-refractivity contribution in [3.8, 4) is 0 Å². The quantitative estimate of drug-likeness (QED) is 0.878. The minimum atomic E-state index is -0.135. The highest BCUT2D eigenvalue weighted by molar-refractivity contribution is 5.92. The summed E-state index contributed by atoms with van der Waals surface area (Å²) >= 11 is 0. The lowest BCUT2D eigenvalue weighted by Crippen LogP contribution is -2.40. The van der Waals surface area contributed by atoms with Gasteiger partial charge in [-0.3, -0.25) is 4.79 Å². The molecule has 0 saturated carbocycles. The van der Waals surface area contributed by atoms with E-state index >= 15 is 0 Å². The summed E-state index contributed by atoms with van der Waals surface area (Å²) in [5.74, 6) is 0.736. The molecule has 1 unspecified atom stereocenters. The average molecular weight is 338 g/mol. The van der Waals surface area contributed by atoms with Crippen LogP contribution in [0.25, 0.3) is 0 Å². The summed E-state index contributed by atoms with van der Waals surface area (Å²) in [6, 6.07) is 12.5. The number of nitrogens with one attached hydrogen (secondary N) is 1. The third-order valence-electron chi connectivity index (χ3n) is 4.82. The van der Waals surface area contributed by atoms with E-state index in [4.69, 9.17) is 0 Å². The molecular weight excluding hydrogens is 312 g/mol. The summed E-state index contributed by atoms with van der Waals surface area (Å²) in [5, 5.41) is 2.96. The highest BCUT2D eigenvalue weighted by Crippen LogP contribution is 2.24. The minimum absolute atomic E-state index is 0.135. The number of aromatic nitrogens is 2. The molecule has 0 bridgehead atoms. The number of hydrogen-bond acceptors (Lipinski definition) is 4. The lowest BCUT2D eigenvalue weighted by Gasteiger charge is -2.36. The molecule has 1 fully saturated rings. The second-order valence-electron chi connectivity index (χ2n) is 6.50. The summed E-state index contributed by atoms with van der Waals surface area (Å²) in [6.45, 7) is 3.81. The molecule has 1 aromatic carbocycles. The average Bonchev–Trinajstić information content (AvgIpc) is 2.69. The molecule has 1 aromatic heterocycles. The molecule has 2 heterocycles. The van der Waals surface area contributed by atoms with Crippen molar-refractivity contribution in [2.45, 2.75) is 45.1 Å². The second kappa shape index (κ2) is 8.60. The first-order chi connectivity index (χ1) is 12.3. The number of piperidine rings is 1. The van der Waals surface area contributed by atoms with Crippen LogP contribution in [0, 0.1) is 0 Å². The molecule has 3 rings (SSSR count). The van der Waals surface area contributed by atoms with Crippen LogP contribution in [-0.2, 0) is 6.42 Å². The Morgan fingerprint density at radius 2 is 2.08 bits per heavy atom. The highest BCUT2D eigenvalue weighted by atomic mass is 16.1. The van der Waals surface area contributed by atoms with Gasteiger partial charge in [-0.1, -0.05) is 37.3 Å². The molecule has 0 radical (unpaired) electrons. The van der Waals surface area contributed by atoms with Gasteiger partial charge in [-0.05, 0) is 37.7 Å². The zero-order valence-corrected chi connectivity index (χ0v) is 14.8. The van der Waals surface area contributed by atoms with Crippen molar-refractivity contribution in [3.63, 3.8) is 0 Å². The maximum Gasteiger partial charge on any atom is 0.270 e. The van der Waals surface area contributed by atoms with Crippen LogP contribution in [0.3, 0.4) is 0 Å². The molecule has 1 saturated heterocycles. The van der Waals surface area contributed by atoms with Gasteiger partial charge in [0, 0.05) is 25.2 Å². The molecule has 1 aliphatic heterocycles. The largest absolute Gasteiger partial charge is 0.354 e. The maximum absolute atomic E-state index is 12.4. The fourth-order valence-corrected chi connectivity index (χ4v) is 3.41. The second-order valence-corrected chi connectivity index (χ2v) is 6.50. The summed E-state index contributed by atoms with van der Waals surface area (Å²) in [7, 11) is 0. The number of hydrogen-bond donors (Lipinski definition) is 1. The third kappa shape index (κ3) is 4.56. The van der Waals surface area contributed by atoms with Crippen LogP contribution in [0.1, 0.15) is 48.7 Å². The maximum atomic E-state index is 12.4. The van der Waals surface area contributed by atoms with Crippen LogP contribution in [0.4, 0.5) is 5.82 Å². The fraction of sp³-hybridized carbons (Fsp3) is 0.450. The molecule has 25 heavy (non-hydrogen) atoms. The van der Waals surface area contributed by atoms with Gasteiger partial charge in [0.25, 0.3) is 5.91 Å². The van der Waals surface area contributed by atoms with E-state index in [0.29, 0.717) is 18.3 Å². The molecule has 5 nitrogen and oxygen atoms in total. The normalized spacial score (nSPS) is 17.3. The van der Waals surface area contributed by atoms with Gasteiger partial charge >= 0.3 is 0 Å². The van der Waals surface area contributed by atoms with E-state index in [9.17, 15) is 4.79 Å². The predicted octanol–water partition coefficient (Wildman–Crippen LogP) is 3.22. The molecule has 132 valence electrons. The molecule has 1 atom stereocenters. The summed E-state index contributed by atoms with van der Waals surface area (Å²) in [4.78, 5) is 23.3. The van der Waals surface area contributed by atoms with E-state index in [0.717, 1.165) is 25.2 Å². The van der Waals surface area contributed by atoms with Crippen LogP contribution in [-0.4, -0.2) is 35.0 Å². The highest BCUT2D eigenvalue weighted by Gasteiger charge is 2.23. The van der Waals surface area contributed by atoms with Crippen molar-refractivity contribution in [1.82, 2.24) is 15.3 Å². The van der Waals surface area contributed by atoms with Gasteiger partial charge in [-0.25, -0.2) is 9.97 Å². The Balaban J connectivity index is 1.61. The molecular formula is C20H26N4O. The number of carbonyl (C=O) groups is 1. The third-order valence-corrected chi connectivity index (χ3v) is 4.82. The Bertz CT molecular complexity index is 689. The Morgan fingerprint density at radius 1 is 1.24 bits per heavy atom. The predicted molar refractivity (Wildman–Crippen MR) is 99.8 cm³/mol. The standard InChI is InChI=1S/C20H26N4O/c1-2-17-10-6-7-13-24(17)19-14-18(22-15-23-19)20(25)21-12-11-16-8-4-3-5-9-16/h3-5,8-9,14-15,17H,2,6-7,10-13H2,1H3,(H,21,25). The summed E-state index contributed by atoms with van der Waals surface area (Å²) < 4.78 is 0. The van der Waals surface area contributed by atoms with E-state index in [1.54, 1.807) is 0 Å². The number of nitrogens with zero attached hydrogens (tertiary/aromatic N) is 3.